The minimum atomic E-state index is -1.10. The van der Waals surface area contributed by atoms with E-state index in [0.717, 1.165) is 6.42 Å². The summed E-state index contributed by atoms with van der Waals surface area (Å²) in [6, 6.07) is 3.72. The number of aromatic carboxylic acids is 1. The molecule has 0 atom stereocenters. The van der Waals surface area contributed by atoms with Gasteiger partial charge in [0.15, 0.2) is 0 Å². The zero-order valence-electron chi connectivity index (χ0n) is 11.4. The van der Waals surface area contributed by atoms with E-state index in [1.165, 1.54) is 12.1 Å². The highest BCUT2D eigenvalue weighted by molar-refractivity contribution is 9.10. The van der Waals surface area contributed by atoms with Crippen molar-refractivity contribution in [1.82, 2.24) is 10.6 Å². The van der Waals surface area contributed by atoms with Gasteiger partial charge in [0.2, 0.25) is 5.91 Å². The van der Waals surface area contributed by atoms with E-state index in [1.807, 2.05) is 6.92 Å². The van der Waals surface area contributed by atoms with Gasteiger partial charge in [-0.15, -0.1) is 0 Å². The maximum atomic E-state index is 11.6. The van der Waals surface area contributed by atoms with Crippen LogP contribution in [0.1, 0.15) is 23.7 Å². The summed E-state index contributed by atoms with van der Waals surface area (Å²) in [5.41, 5.74) is 0.355. The Hall–Kier alpha value is -2.09. The van der Waals surface area contributed by atoms with Gasteiger partial charge in [-0.25, -0.2) is 9.59 Å². The van der Waals surface area contributed by atoms with Crippen LogP contribution in [0.3, 0.4) is 0 Å². The van der Waals surface area contributed by atoms with Gasteiger partial charge in [-0.2, -0.15) is 0 Å². The maximum Gasteiger partial charge on any atom is 0.335 e. The van der Waals surface area contributed by atoms with Crippen LogP contribution in [0.25, 0.3) is 0 Å². The van der Waals surface area contributed by atoms with Crippen molar-refractivity contribution < 1.29 is 19.5 Å². The summed E-state index contributed by atoms with van der Waals surface area (Å²) < 4.78 is 0.526. The highest BCUT2D eigenvalue weighted by Crippen LogP contribution is 2.19. The molecule has 7 nitrogen and oxygen atoms in total. The fourth-order valence-corrected chi connectivity index (χ4v) is 1.94. The molecule has 0 fully saturated rings. The molecule has 0 radical (unpaired) electrons. The van der Waals surface area contributed by atoms with Crippen LogP contribution in [-0.2, 0) is 4.79 Å². The predicted molar refractivity (Wildman–Crippen MR) is 81.4 cm³/mol. The number of carbonyl (C=O) groups excluding carboxylic acids is 2. The van der Waals surface area contributed by atoms with E-state index in [2.05, 4.69) is 31.9 Å². The van der Waals surface area contributed by atoms with E-state index < -0.39 is 12.0 Å². The Morgan fingerprint density at radius 1 is 1.19 bits per heavy atom. The number of hydrogen-bond donors (Lipinski definition) is 4. The number of rotatable bonds is 6. The van der Waals surface area contributed by atoms with E-state index in [4.69, 9.17) is 5.11 Å². The molecule has 1 aromatic rings. The van der Waals surface area contributed by atoms with E-state index in [-0.39, 0.29) is 18.0 Å². The first-order chi connectivity index (χ1) is 9.92. The second kappa shape index (κ2) is 8.25. The summed E-state index contributed by atoms with van der Waals surface area (Å²) in [6.07, 6.45) is 0.813. The zero-order valence-corrected chi connectivity index (χ0v) is 13.0. The van der Waals surface area contributed by atoms with Crippen LogP contribution in [0.15, 0.2) is 22.7 Å². The van der Waals surface area contributed by atoms with Crippen molar-refractivity contribution in [2.45, 2.75) is 13.3 Å². The number of benzene rings is 1. The molecular weight excluding hydrogens is 342 g/mol. The van der Waals surface area contributed by atoms with Crippen molar-refractivity contribution in [2.75, 3.05) is 18.4 Å². The van der Waals surface area contributed by atoms with Crippen LogP contribution in [0.5, 0.6) is 0 Å². The van der Waals surface area contributed by atoms with E-state index in [9.17, 15) is 14.4 Å². The number of amides is 3. The van der Waals surface area contributed by atoms with Crippen LogP contribution in [-0.4, -0.2) is 36.1 Å². The Balaban J connectivity index is 2.55. The Bertz CT molecular complexity index is 548. The Morgan fingerprint density at radius 2 is 1.90 bits per heavy atom. The van der Waals surface area contributed by atoms with Crippen molar-refractivity contribution in [3.8, 4) is 0 Å². The fourth-order valence-electron chi connectivity index (χ4n) is 1.45. The molecule has 21 heavy (non-hydrogen) atoms. The second-order valence-electron chi connectivity index (χ2n) is 4.19. The topological polar surface area (TPSA) is 108 Å². The van der Waals surface area contributed by atoms with Gasteiger partial charge in [-0.05, 0) is 24.6 Å². The normalized spacial score (nSPS) is 9.81. The van der Waals surface area contributed by atoms with Crippen LogP contribution in [0.4, 0.5) is 10.5 Å². The monoisotopic (exact) mass is 357 g/mol. The first-order valence-electron chi connectivity index (χ1n) is 6.27. The summed E-state index contributed by atoms with van der Waals surface area (Å²) >= 11 is 3.16. The van der Waals surface area contributed by atoms with E-state index >= 15 is 0 Å². The Morgan fingerprint density at radius 3 is 2.52 bits per heavy atom. The van der Waals surface area contributed by atoms with Crippen LogP contribution >= 0.6 is 15.9 Å². The quantitative estimate of drug-likeness (QED) is 0.622. The molecular formula is C13H16BrN3O4. The molecule has 0 heterocycles. The van der Waals surface area contributed by atoms with Crippen molar-refractivity contribution in [3.05, 3.63) is 28.2 Å². The van der Waals surface area contributed by atoms with Gasteiger partial charge in [-0.1, -0.05) is 22.9 Å². The lowest BCUT2D eigenvalue weighted by Gasteiger charge is -2.09. The molecule has 0 aliphatic heterocycles. The van der Waals surface area contributed by atoms with Crippen molar-refractivity contribution in [3.63, 3.8) is 0 Å². The minimum Gasteiger partial charge on any atom is -0.478 e. The summed E-state index contributed by atoms with van der Waals surface area (Å²) in [5.74, 6) is -1.38. The highest BCUT2D eigenvalue weighted by Gasteiger charge is 2.09. The lowest BCUT2D eigenvalue weighted by molar-refractivity contribution is -0.120. The standard InChI is InChI=1S/C13H16BrN3O4/c1-2-3-15-11(18)7-16-13(21)17-10-5-8(12(19)20)4-9(14)6-10/h4-6H,2-3,7H2,1H3,(H,15,18)(H,19,20)(H2,16,17,21). The third kappa shape index (κ3) is 6.26. The van der Waals surface area contributed by atoms with Crippen molar-refractivity contribution >= 4 is 39.5 Å². The lowest BCUT2D eigenvalue weighted by Crippen LogP contribution is -2.39. The first-order valence-corrected chi connectivity index (χ1v) is 7.07. The van der Waals surface area contributed by atoms with Gasteiger partial charge < -0.3 is 21.1 Å². The molecule has 0 aliphatic rings. The predicted octanol–water partition coefficient (Wildman–Crippen LogP) is 1.79. The number of anilines is 1. The Labute approximate surface area is 130 Å². The molecule has 0 spiro atoms. The smallest absolute Gasteiger partial charge is 0.335 e. The molecule has 0 aliphatic carbocycles. The largest absolute Gasteiger partial charge is 0.478 e. The van der Waals surface area contributed by atoms with E-state index in [0.29, 0.717) is 16.7 Å². The summed E-state index contributed by atoms with van der Waals surface area (Å²) in [4.78, 5) is 33.8. The maximum absolute atomic E-state index is 11.6. The average molecular weight is 358 g/mol. The first kappa shape index (κ1) is 17.0. The third-order valence-electron chi connectivity index (χ3n) is 2.38. The number of halogens is 1. The van der Waals surface area contributed by atoms with Crippen LogP contribution in [0, 0.1) is 0 Å². The number of carboxylic acids is 1. The van der Waals surface area contributed by atoms with Gasteiger partial charge in [0.1, 0.15) is 0 Å². The third-order valence-corrected chi connectivity index (χ3v) is 2.84. The lowest BCUT2D eigenvalue weighted by atomic mass is 10.2. The van der Waals surface area contributed by atoms with Crippen molar-refractivity contribution in [1.29, 1.82) is 0 Å². The van der Waals surface area contributed by atoms with E-state index in [1.54, 1.807) is 6.07 Å². The molecule has 4 N–H and O–H groups in total. The second-order valence-corrected chi connectivity index (χ2v) is 5.11. The minimum absolute atomic E-state index is 0.0420. The molecule has 1 aromatic carbocycles. The number of hydrogen-bond acceptors (Lipinski definition) is 3. The number of carbonyl (C=O) groups is 3. The SMILES string of the molecule is CCCNC(=O)CNC(=O)Nc1cc(Br)cc(C(=O)O)c1. The summed E-state index contributed by atoms with van der Waals surface area (Å²) in [5, 5.41) is 16.4. The molecule has 114 valence electrons. The fraction of sp³-hybridized carbons (Fsp3) is 0.308. The average Bonchev–Trinajstić information content (AvgIpc) is 2.42. The van der Waals surface area contributed by atoms with Crippen molar-refractivity contribution in [2.24, 2.45) is 0 Å². The molecule has 3 amide bonds. The van der Waals surface area contributed by atoms with Gasteiger partial charge in [0, 0.05) is 16.7 Å². The molecule has 0 bridgehead atoms. The summed E-state index contributed by atoms with van der Waals surface area (Å²) in [7, 11) is 0. The number of nitrogens with one attached hydrogen (secondary N) is 3. The molecule has 0 saturated heterocycles. The van der Waals surface area contributed by atoms with Gasteiger partial charge >= 0.3 is 12.0 Å². The number of carboxylic acid groups (broad SMARTS) is 1. The Kier molecular flexibility index (Phi) is 6.67. The molecule has 0 aromatic heterocycles. The highest BCUT2D eigenvalue weighted by atomic mass is 79.9. The zero-order chi connectivity index (χ0) is 15.8. The molecule has 0 saturated carbocycles. The molecule has 0 unspecified atom stereocenters. The van der Waals surface area contributed by atoms with Crippen LogP contribution in [0.2, 0.25) is 0 Å². The number of urea groups is 1. The summed E-state index contributed by atoms with van der Waals surface area (Å²) in [6.45, 7) is 2.33. The van der Waals surface area contributed by atoms with Gasteiger partial charge in [0.05, 0.1) is 12.1 Å². The van der Waals surface area contributed by atoms with Gasteiger partial charge in [-0.3, -0.25) is 4.79 Å². The van der Waals surface area contributed by atoms with Gasteiger partial charge in [0.25, 0.3) is 0 Å². The van der Waals surface area contributed by atoms with Crippen LogP contribution < -0.4 is 16.0 Å². The molecule has 1 rings (SSSR count). The molecule has 8 heteroatoms.